The van der Waals surface area contributed by atoms with Crippen molar-refractivity contribution in [2.45, 2.75) is 19.3 Å². The van der Waals surface area contributed by atoms with Crippen molar-refractivity contribution in [3.05, 3.63) is 71.3 Å². The number of nitrogens with one attached hydrogen (secondary N) is 2. The smallest absolute Gasteiger partial charge is 0.311 e. The Balaban J connectivity index is 1.98. The van der Waals surface area contributed by atoms with Gasteiger partial charge in [0.05, 0.1) is 28.9 Å². The maximum absolute atomic E-state index is 12.0. The highest BCUT2D eigenvalue weighted by atomic mass is 16.4. The number of nitrogens with zero attached hydrogens (tertiary/aromatic N) is 1. The van der Waals surface area contributed by atoms with Gasteiger partial charge < -0.3 is 26.0 Å². The summed E-state index contributed by atoms with van der Waals surface area (Å²) in [5.74, 6) is -4.39. The van der Waals surface area contributed by atoms with Crippen molar-refractivity contribution in [1.29, 1.82) is 5.41 Å². The van der Waals surface area contributed by atoms with Crippen LogP contribution in [0.2, 0.25) is 0 Å². The van der Waals surface area contributed by atoms with Crippen LogP contribution < -0.4 is 5.73 Å². The van der Waals surface area contributed by atoms with Crippen LogP contribution in [0.15, 0.2) is 54.6 Å². The fourth-order valence-electron chi connectivity index (χ4n) is 3.99. The van der Waals surface area contributed by atoms with E-state index in [1.807, 2.05) is 0 Å². The number of aromatic nitrogens is 2. The van der Waals surface area contributed by atoms with Gasteiger partial charge in [0, 0.05) is 16.7 Å². The summed E-state index contributed by atoms with van der Waals surface area (Å²) in [5, 5.41) is 37.9. The number of carboxylic acids is 2. The van der Waals surface area contributed by atoms with Crippen LogP contribution in [0.3, 0.4) is 0 Å². The predicted molar refractivity (Wildman–Crippen MR) is 132 cm³/mol. The number of Topliss-reactive ketones (excluding diaryl/α,β-unsaturated/α-hetero) is 1. The first kappa shape index (κ1) is 24.1. The molecule has 7 N–H and O–H groups in total. The maximum atomic E-state index is 12.0. The van der Waals surface area contributed by atoms with Crippen LogP contribution in [0.4, 0.5) is 0 Å². The fourth-order valence-corrected chi connectivity index (χ4v) is 3.99. The molecule has 0 radical (unpaired) electrons. The second kappa shape index (κ2) is 9.34. The third-order valence-electron chi connectivity index (χ3n) is 5.84. The van der Waals surface area contributed by atoms with E-state index in [0.717, 1.165) is 0 Å². The average molecular weight is 486 g/mol. The van der Waals surface area contributed by atoms with Crippen molar-refractivity contribution in [3.8, 4) is 28.3 Å². The Hall–Kier alpha value is -4.99. The Morgan fingerprint density at radius 3 is 2.39 bits per heavy atom. The SMILES string of the molecule is CC(=O)c1cccc(-c2cc(C(CC(=O)O)C(=O)O)cc(-c3nc4ccc(C(=N)N)cc4[nH]3)c2O)c1. The molecule has 10 nitrogen and oxygen atoms in total. The lowest BCUT2D eigenvalue weighted by molar-refractivity contribution is -0.145. The highest BCUT2D eigenvalue weighted by Crippen LogP contribution is 2.41. The summed E-state index contributed by atoms with van der Waals surface area (Å²) in [6, 6.07) is 14.2. The molecule has 0 saturated heterocycles. The molecule has 1 atom stereocenters. The topological polar surface area (TPSA) is 190 Å². The van der Waals surface area contributed by atoms with Crippen LogP contribution in [-0.2, 0) is 9.59 Å². The van der Waals surface area contributed by atoms with Gasteiger partial charge in [0.1, 0.15) is 17.4 Å². The van der Waals surface area contributed by atoms with E-state index in [1.165, 1.54) is 19.1 Å². The summed E-state index contributed by atoms with van der Waals surface area (Å²) >= 11 is 0. The molecule has 4 rings (SSSR count). The number of nitrogen functional groups attached to an aromatic ring is 1. The summed E-state index contributed by atoms with van der Waals surface area (Å²) in [7, 11) is 0. The molecule has 0 aliphatic carbocycles. The van der Waals surface area contributed by atoms with E-state index in [2.05, 4.69) is 9.97 Å². The van der Waals surface area contributed by atoms with Gasteiger partial charge in [-0.2, -0.15) is 0 Å². The number of hydrogen-bond acceptors (Lipinski definition) is 6. The largest absolute Gasteiger partial charge is 0.507 e. The van der Waals surface area contributed by atoms with Crippen LogP contribution in [0, 0.1) is 5.41 Å². The summed E-state index contributed by atoms with van der Waals surface area (Å²) in [5.41, 5.74) is 8.41. The number of rotatable bonds is 8. The molecule has 0 saturated carbocycles. The van der Waals surface area contributed by atoms with Gasteiger partial charge in [-0.05, 0) is 54.4 Å². The standard InChI is InChI=1S/C26H22N4O6/c1-12(31)13-3-2-4-14(7-13)17-8-16(18(26(35)36)11-22(32)33)9-19(23(17)34)25-29-20-6-5-15(24(27)28)10-21(20)30-25/h2-10,18,34H,11H2,1H3,(H3,27,28)(H,29,30)(H,32,33)(H,35,36). The minimum absolute atomic E-state index is 0.136. The molecule has 3 aromatic carbocycles. The van der Waals surface area contributed by atoms with Gasteiger partial charge in [0.25, 0.3) is 0 Å². The van der Waals surface area contributed by atoms with Crippen LogP contribution in [0.25, 0.3) is 33.5 Å². The number of phenolic OH excluding ortho intramolecular Hbond substituents is 1. The summed E-state index contributed by atoms with van der Waals surface area (Å²) in [6.07, 6.45) is -0.672. The zero-order valence-electron chi connectivity index (χ0n) is 19.1. The maximum Gasteiger partial charge on any atom is 0.311 e. The number of hydrogen-bond donors (Lipinski definition) is 6. The molecule has 1 heterocycles. The Labute approximate surface area is 204 Å². The lowest BCUT2D eigenvalue weighted by atomic mass is 9.89. The van der Waals surface area contributed by atoms with E-state index < -0.39 is 24.3 Å². The number of ketones is 1. The molecule has 0 bridgehead atoms. The molecule has 36 heavy (non-hydrogen) atoms. The van der Waals surface area contributed by atoms with Gasteiger partial charge in [0.15, 0.2) is 5.78 Å². The number of carbonyl (C=O) groups excluding carboxylic acids is 1. The second-order valence-electron chi connectivity index (χ2n) is 8.32. The molecule has 0 spiro atoms. The van der Waals surface area contributed by atoms with Gasteiger partial charge >= 0.3 is 11.9 Å². The third kappa shape index (κ3) is 4.64. The first-order chi connectivity index (χ1) is 17.0. The molecule has 0 aliphatic rings. The van der Waals surface area contributed by atoms with E-state index >= 15 is 0 Å². The number of benzene rings is 3. The van der Waals surface area contributed by atoms with Crippen LogP contribution in [0.1, 0.15) is 40.7 Å². The lowest BCUT2D eigenvalue weighted by Gasteiger charge is -2.16. The highest BCUT2D eigenvalue weighted by molar-refractivity contribution is 5.99. The number of aromatic hydroxyl groups is 1. The Morgan fingerprint density at radius 1 is 1.03 bits per heavy atom. The van der Waals surface area contributed by atoms with Crippen molar-refractivity contribution < 1.29 is 29.7 Å². The van der Waals surface area contributed by atoms with Crippen molar-refractivity contribution in [2.75, 3.05) is 0 Å². The van der Waals surface area contributed by atoms with Crippen molar-refractivity contribution in [3.63, 3.8) is 0 Å². The summed E-state index contributed by atoms with van der Waals surface area (Å²) in [4.78, 5) is 42.8. The predicted octanol–water partition coefficient (Wildman–Crippen LogP) is 3.73. The van der Waals surface area contributed by atoms with Crippen LogP contribution >= 0.6 is 0 Å². The van der Waals surface area contributed by atoms with Crippen molar-refractivity contribution >= 4 is 34.6 Å². The number of fused-ring (bicyclic) bond motifs is 1. The van der Waals surface area contributed by atoms with Gasteiger partial charge in [-0.15, -0.1) is 0 Å². The number of amidine groups is 1. The highest BCUT2D eigenvalue weighted by Gasteiger charge is 2.27. The van der Waals surface area contributed by atoms with E-state index in [9.17, 15) is 29.7 Å². The monoisotopic (exact) mass is 486 g/mol. The van der Waals surface area contributed by atoms with Crippen molar-refractivity contribution in [1.82, 2.24) is 9.97 Å². The minimum Gasteiger partial charge on any atom is -0.507 e. The zero-order chi connectivity index (χ0) is 26.1. The van der Waals surface area contributed by atoms with E-state index in [1.54, 1.807) is 42.5 Å². The van der Waals surface area contributed by atoms with E-state index in [-0.39, 0.29) is 39.9 Å². The van der Waals surface area contributed by atoms with Gasteiger partial charge in [0.2, 0.25) is 0 Å². The van der Waals surface area contributed by atoms with Gasteiger partial charge in [-0.1, -0.05) is 18.2 Å². The molecule has 0 aliphatic heterocycles. The number of nitrogens with two attached hydrogens (primary N) is 1. The van der Waals surface area contributed by atoms with Gasteiger partial charge in [-0.25, -0.2) is 4.98 Å². The molecular formula is C26H22N4O6. The Morgan fingerprint density at radius 2 is 1.75 bits per heavy atom. The molecule has 10 heteroatoms. The fraction of sp³-hybridized carbons (Fsp3) is 0.115. The van der Waals surface area contributed by atoms with Crippen molar-refractivity contribution in [2.24, 2.45) is 5.73 Å². The molecule has 0 fully saturated rings. The average Bonchev–Trinajstić information content (AvgIpc) is 3.25. The Kier molecular flexibility index (Phi) is 6.26. The first-order valence-corrected chi connectivity index (χ1v) is 10.8. The second-order valence-corrected chi connectivity index (χ2v) is 8.32. The number of H-pyrrole nitrogens is 1. The number of aliphatic carboxylic acids is 2. The number of aromatic amines is 1. The number of imidazole rings is 1. The van der Waals surface area contributed by atoms with E-state index in [4.69, 9.17) is 11.1 Å². The summed E-state index contributed by atoms with van der Waals surface area (Å²) in [6.45, 7) is 1.40. The molecular weight excluding hydrogens is 464 g/mol. The van der Waals surface area contributed by atoms with Crippen LogP contribution in [-0.4, -0.2) is 48.8 Å². The molecule has 182 valence electrons. The van der Waals surface area contributed by atoms with Gasteiger partial charge in [-0.3, -0.25) is 19.8 Å². The lowest BCUT2D eigenvalue weighted by Crippen LogP contribution is -2.16. The van der Waals surface area contributed by atoms with Crippen LogP contribution in [0.5, 0.6) is 5.75 Å². The first-order valence-electron chi connectivity index (χ1n) is 10.8. The number of carboxylic acid groups (broad SMARTS) is 2. The zero-order valence-corrected chi connectivity index (χ0v) is 19.1. The molecule has 4 aromatic rings. The Bertz CT molecular complexity index is 1560. The number of phenols is 1. The van der Waals surface area contributed by atoms with E-state index in [0.29, 0.717) is 27.7 Å². The number of carbonyl (C=O) groups is 3. The molecule has 1 unspecified atom stereocenters. The molecule has 1 aromatic heterocycles. The third-order valence-corrected chi connectivity index (χ3v) is 5.84. The molecule has 0 amide bonds. The normalized spacial score (nSPS) is 11.8. The minimum atomic E-state index is -1.40. The quantitative estimate of drug-likeness (QED) is 0.123. The summed E-state index contributed by atoms with van der Waals surface area (Å²) < 4.78 is 0.